The number of hydrogen-bond donors (Lipinski definition) is 2. The Balaban J connectivity index is 1.98. The van der Waals surface area contributed by atoms with Crippen molar-refractivity contribution in [3.05, 3.63) is 30.0 Å². The van der Waals surface area contributed by atoms with Crippen LogP contribution in [0.15, 0.2) is 24.3 Å². The summed E-state index contributed by atoms with van der Waals surface area (Å²) in [4.78, 5) is 17.7. The van der Waals surface area contributed by atoms with Crippen molar-refractivity contribution in [2.75, 3.05) is 12.3 Å². The fourth-order valence-electron chi connectivity index (χ4n) is 2.90. The van der Waals surface area contributed by atoms with Crippen molar-refractivity contribution in [3.8, 4) is 0 Å². The smallest absolute Gasteiger partial charge is 0.270 e. The summed E-state index contributed by atoms with van der Waals surface area (Å²) in [5.74, 6) is 0.0808. The average Bonchev–Trinajstić information content (AvgIpc) is 2.90. The van der Waals surface area contributed by atoms with Gasteiger partial charge >= 0.3 is 0 Å². The minimum absolute atomic E-state index is 0.0482. The molecule has 0 aliphatic carbocycles. The van der Waals surface area contributed by atoms with Crippen LogP contribution in [0.4, 0.5) is 5.69 Å². The Hall–Kier alpha value is -1.97. The number of nitrogens with zero attached hydrogens (tertiary/aromatic N) is 1. The number of H-pyrrole nitrogens is 1. The van der Waals surface area contributed by atoms with Gasteiger partial charge in [0, 0.05) is 28.7 Å². The topological polar surface area (TPSA) is 62.1 Å². The Bertz CT molecular complexity index is 642. The molecule has 19 heavy (non-hydrogen) atoms. The fraction of sp³-hybridized carbons (Fsp3) is 0.400. The second kappa shape index (κ2) is 4.02. The molecule has 2 heterocycles. The molecule has 1 aromatic carbocycles. The number of fused-ring (bicyclic) bond motifs is 1. The number of rotatable bonds is 1. The summed E-state index contributed by atoms with van der Waals surface area (Å²) in [6, 6.07) is 7.53. The Kier molecular flexibility index (Phi) is 2.55. The van der Waals surface area contributed by atoms with Crippen LogP contribution in [0.5, 0.6) is 0 Å². The third-order valence-corrected chi connectivity index (χ3v) is 4.02. The van der Waals surface area contributed by atoms with E-state index in [1.165, 1.54) is 0 Å². The van der Waals surface area contributed by atoms with E-state index in [1.807, 2.05) is 29.2 Å². The van der Waals surface area contributed by atoms with Crippen LogP contribution in [0.1, 0.15) is 37.2 Å². The van der Waals surface area contributed by atoms with Crippen molar-refractivity contribution >= 4 is 22.5 Å². The fourth-order valence-corrected chi connectivity index (χ4v) is 2.90. The second-order valence-electron chi connectivity index (χ2n) is 5.90. The van der Waals surface area contributed by atoms with E-state index >= 15 is 0 Å². The van der Waals surface area contributed by atoms with E-state index in [-0.39, 0.29) is 11.4 Å². The molecule has 0 unspecified atom stereocenters. The van der Waals surface area contributed by atoms with Crippen LogP contribution in [0.2, 0.25) is 0 Å². The first-order chi connectivity index (χ1) is 8.97. The highest BCUT2D eigenvalue weighted by atomic mass is 16.2. The number of aromatic amines is 1. The summed E-state index contributed by atoms with van der Waals surface area (Å²) in [5, 5.41) is 0.986. The van der Waals surface area contributed by atoms with E-state index in [2.05, 4.69) is 18.8 Å². The quantitative estimate of drug-likeness (QED) is 0.772. The van der Waals surface area contributed by atoms with Crippen molar-refractivity contribution in [1.29, 1.82) is 0 Å². The number of nitrogens with two attached hydrogens (primary N) is 1. The zero-order valence-electron chi connectivity index (χ0n) is 11.4. The summed E-state index contributed by atoms with van der Waals surface area (Å²) in [7, 11) is 0. The summed E-state index contributed by atoms with van der Waals surface area (Å²) in [6.45, 7) is 5.08. The van der Waals surface area contributed by atoms with E-state index in [0.29, 0.717) is 11.4 Å². The Morgan fingerprint density at radius 3 is 2.84 bits per heavy atom. The van der Waals surface area contributed by atoms with Gasteiger partial charge in [-0.2, -0.15) is 0 Å². The van der Waals surface area contributed by atoms with Crippen molar-refractivity contribution in [2.24, 2.45) is 0 Å². The number of nitrogen functional groups attached to an aromatic ring is 1. The molecule has 3 rings (SSSR count). The molecule has 1 fully saturated rings. The van der Waals surface area contributed by atoms with Gasteiger partial charge in [0.2, 0.25) is 0 Å². The first-order valence-electron chi connectivity index (χ1n) is 6.68. The molecular formula is C15H19N3O. The molecular weight excluding hydrogens is 238 g/mol. The number of aromatic nitrogens is 1. The maximum atomic E-state index is 12.6. The normalized spacial score (nSPS) is 18.1. The van der Waals surface area contributed by atoms with Crippen LogP contribution in [-0.4, -0.2) is 27.9 Å². The maximum absolute atomic E-state index is 12.6. The van der Waals surface area contributed by atoms with E-state index in [1.54, 1.807) is 0 Å². The molecule has 0 spiro atoms. The molecule has 1 aromatic heterocycles. The van der Waals surface area contributed by atoms with Gasteiger partial charge in [0.25, 0.3) is 5.91 Å². The summed E-state index contributed by atoms with van der Waals surface area (Å²) < 4.78 is 0. The zero-order valence-corrected chi connectivity index (χ0v) is 11.4. The van der Waals surface area contributed by atoms with Gasteiger partial charge < -0.3 is 15.6 Å². The number of carbonyl (C=O) groups is 1. The minimum atomic E-state index is -0.0482. The minimum Gasteiger partial charge on any atom is -0.399 e. The molecule has 0 atom stereocenters. The van der Waals surface area contributed by atoms with Crippen molar-refractivity contribution in [2.45, 2.75) is 32.2 Å². The summed E-state index contributed by atoms with van der Waals surface area (Å²) >= 11 is 0. The third kappa shape index (κ3) is 1.97. The van der Waals surface area contributed by atoms with Crippen molar-refractivity contribution in [1.82, 2.24) is 9.88 Å². The Morgan fingerprint density at radius 2 is 2.16 bits per heavy atom. The zero-order chi connectivity index (χ0) is 13.6. The lowest BCUT2D eigenvalue weighted by atomic mass is 10.0. The molecule has 1 aliphatic rings. The van der Waals surface area contributed by atoms with Gasteiger partial charge in [-0.1, -0.05) is 0 Å². The number of anilines is 1. The van der Waals surface area contributed by atoms with Crippen LogP contribution in [0.25, 0.3) is 10.9 Å². The van der Waals surface area contributed by atoms with Gasteiger partial charge in [0.1, 0.15) is 5.69 Å². The standard InChI is InChI=1S/C15H19N3O/c1-15(2)6-3-7-18(15)14(19)13-9-10-8-11(16)4-5-12(10)17-13/h4-5,8-9,17H,3,6-7,16H2,1-2H3. The molecule has 100 valence electrons. The average molecular weight is 257 g/mol. The van der Waals surface area contributed by atoms with E-state index in [4.69, 9.17) is 5.73 Å². The molecule has 0 bridgehead atoms. The van der Waals surface area contributed by atoms with Gasteiger partial charge in [0.15, 0.2) is 0 Å². The lowest BCUT2D eigenvalue weighted by Gasteiger charge is -2.31. The molecule has 2 aromatic rings. The number of hydrogen-bond acceptors (Lipinski definition) is 2. The lowest BCUT2D eigenvalue weighted by Crippen LogP contribution is -2.42. The molecule has 3 N–H and O–H groups in total. The predicted molar refractivity (Wildman–Crippen MR) is 77.1 cm³/mol. The van der Waals surface area contributed by atoms with E-state index in [0.717, 1.165) is 30.3 Å². The number of amides is 1. The van der Waals surface area contributed by atoms with Crippen LogP contribution < -0.4 is 5.73 Å². The van der Waals surface area contributed by atoms with Gasteiger partial charge in [-0.25, -0.2) is 0 Å². The molecule has 1 saturated heterocycles. The van der Waals surface area contributed by atoms with Crippen LogP contribution in [0.3, 0.4) is 0 Å². The van der Waals surface area contributed by atoms with Gasteiger partial charge in [0.05, 0.1) is 0 Å². The molecule has 0 radical (unpaired) electrons. The van der Waals surface area contributed by atoms with E-state index < -0.39 is 0 Å². The maximum Gasteiger partial charge on any atom is 0.270 e. The van der Waals surface area contributed by atoms with Crippen LogP contribution in [0, 0.1) is 0 Å². The van der Waals surface area contributed by atoms with Gasteiger partial charge in [-0.3, -0.25) is 4.79 Å². The Morgan fingerprint density at radius 1 is 1.37 bits per heavy atom. The van der Waals surface area contributed by atoms with Crippen molar-refractivity contribution in [3.63, 3.8) is 0 Å². The number of benzene rings is 1. The molecule has 4 heteroatoms. The van der Waals surface area contributed by atoms with Crippen LogP contribution in [-0.2, 0) is 0 Å². The molecule has 4 nitrogen and oxygen atoms in total. The van der Waals surface area contributed by atoms with E-state index in [9.17, 15) is 4.79 Å². The van der Waals surface area contributed by atoms with Gasteiger partial charge in [-0.15, -0.1) is 0 Å². The monoisotopic (exact) mass is 257 g/mol. The number of carbonyl (C=O) groups excluding carboxylic acids is 1. The summed E-state index contributed by atoms with van der Waals surface area (Å²) in [6.07, 6.45) is 2.14. The highest BCUT2D eigenvalue weighted by Crippen LogP contribution is 2.30. The lowest BCUT2D eigenvalue weighted by molar-refractivity contribution is 0.0647. The van der Waals surface area contributed by atoms with Gasteiger partial charge in [-0.05, 0) is 51.0 Å². The molecule has 0 saturated carbocycles. The first-order valence-corrected chi connectivity index (χ1v) is 6.68. The highest BCUT2D eigenvalue weighted by Gasteiger charge is 2.36. The van der Waals surface area contributed by atoms with Crippen molar-refractivity contribution < 1.29 is 4.79 Å². The largest absolute Gasteiger partial charge is 0.399 e. The first kappa shape index (κ1) is 12.1. The third-order valence-electron chi connectivity index (χ3n) is 4.02. The Labute approximate surface area is 112 Å². The highest BCUT2D eigenvalue weighted by molar-refractivity contribution is 5.99. The summed E-state index contributed by atoms with van der Waals surface area (Å²) in [5.41, 5.74) is 8.03. The number of nitrogens with one attached hydrogen (secondary N) is 1. The van der Waals surface area contributed by atoms with Crippen LogP contribution >= 0.6 is 0 Å². The predicted octanol–water partition coefficient (Wildman–Crippen LogP) is 2.76. The second-order valence-corrected chi connectivity index (χ2v) is 5.90. The number of likely N-dealkylation sites (tertiary alicyclic amines) is 1. The molecule has 1 amide bonds. The SMILES string of the molecule is CC1(C)CCCN1C(=O)c1cc2cc(N)ccc2[nH]1. The molecule has 1 aliphatic heterocycles.